The standard InChI is InChI=1S/C29H30ClN3O2/c1-32-26-18-24(12-10-20(26)11-13-27(32)34)31-29(35)22-16-23(19-33-14-6-3-7-15-33)28(25(30)17-22)21-8-4-2-5-9-21/h2,4-5,8-10,12,16-18H,3,6-7,11,13-15,19H2,1H3,(H,31,35). The summed E-state index contributed by atoms with van der Waals surface area (Å²) in [7, 11) is 1.78. The molecule has 0 saturated carbocycles. The molecule has 3 aromatic rings. The second-order valence-corrected chi connectivity index (χ2v) is 9.85. The maximum absolute atomic E-state index is 13.3. The van der Waals surface area contributed by atoms with Crippen molar-refractivity contribution in [2.45, 2.75) is 38.6 Å². The minimum absolute atomic E-state index is 0.0895. The van der Waals surface area contributed by atoms with E-state index in [1.807, 2.05) is 42.5 Å². The summed E-state index contributed by atoms with van der Waals surface area (Å²) >= 11 is 6.82. The minimum atomic E-state index is -0.212. The number of aryl methyl sites for hydroxylation is 1. The highest BCUT2D eigenvalue weighted by molar-refractivity contribution is 6.34. The zero-order chi connectivity index (χ0) is 24.4. The van der Waals surface area contributed by atoms with Crippen LogP contribution in [0.5, 0.6) is 0 Å². The molecule has 2 aliphatic heterocycles. The zero-order valence-electron chi connectivity index (χ0n) is 20.0. The van der Waals surface area contributed by atoms with Crippen LogP contribution in [0.3, 0.4) is 0 Å². The van der Waals surface area contributed by atoms with Gasteiger partial charge in [-0.05, 0) is 73.3 Å². The molecule has 35 heavy (non-hydrogen) atoms. The van der Waals surface area contributed by atoms with E-state index in [-0.39, 0.29) is 11.8 Å². The third kappa shape index (κ3) is 5.12. The van der Waals surface area contributed by atoms with E-state index in [0.717, 1.165) is 54.0 Å². The monoisotopic (exact) mass is 487 g/mol. The number of likely N-dealkylation sites (tertiary alicyclic amines) is 1. The predicted molar refractivity (Wildman–Crippen MR) is 142 cm³/mol. The lowest BCUT2D eigenvalue weighted by molar-refractivity contribution is -0.118. The number of carbonyl (C=O) groups is 2. The Bertz CT molecular complexity index is 1250. The number of hydrogen-bond acceptors (Lipinski definition) is 3. The summed E-state index contributed by atoms with van der Waals surface area (Å²) in [5, 5.41) is 3.59. The maximum atomic E-state index is 13.3. The normalized spacial score (nSPS) is 16.2. The van der Waals surface area contributed by atoms with Gasteiger partial charge in [-0.1, -0.05) is 54.4 Å². The Labute approximate surface area is 211 Å². The first-order valence-electron chi connectivity index (χ1n) is 12.3. The van der Waals surface area contributed by atoms with Crippen LogP contribution in [0.4, 0.5) is 11.4 Å². The van der Waals surface area contributed by atoms with Crippen LogP contribution in [0.1, 0.15) is 47.2 Å². The molecule has 1 N–H and O–H groups in total. The van der Waals surface area contributed by atoms with Crippen LogP contribution < -0.4 is 10.2 Å². The summed E-state index contributed by atoms with van der Waals surface area (Å²) in [5.41, 5.74) is 6.26. The second kappa shape index (κ2) is 10.2. The van der Waals surface area contributed by atoms with Crippen molar-refractivity contribution in [2.75, 3.05) is 30.4 Å². The van der Waals surface area contributed by atoms with Gasteiger partial charge in [0.05, 0.1) is 0 Å². The molecule has 5 nitrogen and oxygen atoms in total. The van der Waals surface area contributed by atoms with Crippen LogP contribution >= 0.6 is 11.6 Å². The van der Waals surface area contributed by atoms with Gasteiger partial charge in [0.15, 0.2) is 0 Å². The van der Waals surface area contributed by atoms with E-state index in [1.54, 1.807) is 18.0 Å². The fourth-order valence-electron chi connectivity index (χ4n) is 5.12. The van der Waals surface area contributed by atoms with Gasteiger partial charge in [0, 0.05) is 47.5 Å². The highest BCUT2D eigenvalue weighted by atomic mass is 35.5. The smallest absolute Gasteiger partial charge is 0.255 e. The molecule has 0 bridgehead atoms. The van der Waals surface area contributed by atoms with E-state index in [0.29, 0.717) is 22.7 Å². The maximum Gasteiger partial charge on any atom is 0.255 e. The lowest BCUT2D eigenvalue weighted by atomic mass is 9.96. The van der Waals surface area contributed by atoms with Crippen LogP contribution in [0, 0.1) is 0 Å². The first-order valence-corrected chi connectivity index (χ1v) is 12.7. The number of amides is 2. The lowest BCUT2D eigenvalue weighted by Crippen LogP contribution is -2.31. The van der Waals surface area contributed by atoms with E-state index in [4.69, 9.17) is 11.6 Å². The Hall–Kier alpha value is -3.15. The topological polar surface area (TPSA) is 52.7 Å². The summed E-state index contributed by atoms with van der Waals surface area (Å²) in [6, 6.07) is 19.6. The molecule has 0 unspecified atom stereocenters. The Kier molecular flexibility index (Phi) is 6.89. The van der Waals surface area contributed by atoms with E-state index in [1.165, 1.54) is 19.3 Å². The molecule has 0 aliphatic carbocycles. The van der Waals surface area contributed by atoms with Crippen LogP contribution in [-0.2, 0) is 17.8 Å². The molecule has 0 aromatic heterocycles. The molecular weight excluding hydrogens is 458 g/mol. The highest BCUT2D eigenvalue weighted by Crippen LogP contribution is 2.35. The molecule has 1 saturated heterocycles. The number of benzene rings is 3. The van der Waals surface area contributed by atoms with Gasteiger partial charge in [-0.25, -0.2) is 0 Å². The van der Waals surface area contributed by atoms with Gasteiger partial charge in [-0.15, -0.1) is 0 Å². The van der Waals surface area contributed by atoms with Crippen molar-refractivity contribution in [3.05, 3.63) is 82.4 Å². The number of nitrogens with one attached hydrogen (secondary N) is 1. The summed E-state index contributed by atoms with van der Waals surface area (Å²) in [6.07, 6.45) is 4.91. The first-order chi connectivity index (χ1) is 17.0. The van der Waals surface area contributed by atoms with Crippen LogP contribution in [0.2, 0.25) is 5.02 Å². The molecule has 0 atom stereocenters. The van der Waals surface area contributed by atoms with Crippen LogP contribution in [0.15, 0.2) is 60.7 Å². The van der Waals surface area contributed by atoms with E-state index < -0.39 is 0 Å². The lowest BCUT2D eigenvalue weighted by Gasteiger charge is -2.28. The number of halogens is 1. The van der Waals surface area contributed by atoms with Crippen molar-refractivity contribution in [1.82, 2.24) is 4.90 Å². The number of rotatable bonds is 5. The number of anilines is 2. The van der Waals surface area contributed by atoms with Crippen molar-refractivity contribution in [2.24, 2.45) is 0 Å². The van der Waals surface area contributed by atoms with Gasteiger partial charge in [0.2, 0.25) is 5.91 Å². The summed E-state index contributed by atoms with van der Waals surface area (Å²) in [6.45, 7) is 2.88. The number of carbonyl (C=O) groups excluding carboxylic acids is 2. The molecule has 180 valence electrons. The number of hydrogen-bond donors (Lipinski definition) is 1. The Balaban J connectivity index is 1.45. The summed E-state index contributed by atoms with van der Waals surface area (Å²) < 4.78 is 0. The zero-order valence-corrected chi connectivity index (χ0v) is 20.8. The van der Waals surface area contributed by atoms with Crippen molar-refractivity contribution >= 4 is 34.8 Å². The molecule has 5 rings (SSSR count). The second-order valence-electron chi connectivity index (χ2n) is 9.45. The van der Waals surface area contributed by atoms with Gasteiger partial charge in [0.1, 0.15) is 0 Å². The summed E-state index contributed by atoms with van der Waals surface area (Å²) in [5.74, 6) is -0.122. The number of piperidine rings is 1. The van der Waals surface area contributed by atoms with Gasteiger partial charge in [-0.2, -0.15) is 0 Å². The van der Waals surface area contributed by atoms with Crippen molar-refractivity contribution < 1.29 is 9.59 Å². The first kappa shape index (κ1) is 23.6. The van der Waals surface area contributed by atoms with Gasteiger partial charge >= 0.3 is 0 Å². The van der Waals surface area contributed by atoms with Crippen LogP contribution in [0.25, 0.3) is 11.1 Å². The molecular formula is C29H30ClN3O2. The molecule has 1 fully saturated rings. The van der Waals surface area contributed by atoms with Crippen molar-refractivity contribution in [1.29, 1.82) is 0 Å². The molecule has 6 heteroatoms. The van der Waals surface area contributed by atoms with E-state index >= 15 is 0 Å². The Morgan fingerprint density at radius 1 is 0.971 bits per heavy atom. The quantitative estimate of drug-likeness (QED) is 0.469. The molecule has 2 heterocycles. The summed E-state index contributed by atoms with van der Waals surface area (Å²) in [4.78, 5) is 29.5. The molecule has 0 radical (unpaired) electrons. The SMILES string of the molecule is CN1C(=O)CCc2ccc(NC(=O)c3cc(Cl)c(-c4ccccc4)c(CN4CCCCC4)c3)cc21. The van der Waals surface area contributed by atoms with E-state index in [2.05, 4.69) is 22.3 Å². The number of nitrogens with zero attached hydrogens (tertiary/aromatic N) is 2. The predicted octanol–water partition coefficient (Wildman–Crippen LogP) is 6.15. The minimum Gasteiger partial charge on any atom is -0.322 e. The molecule has 0 spiro atoms. The Morgan fingerprint density at radius 3 is 2.51 bits per heavy atom. The van der Waals surface area contributed by atoms with Gasteiger partial charge in [0.25, 0.3) is 5.91 Å². The Morgan fingerprint density at radius 2 is 1.74 bits per heavy atom. The average Bonchev–Trinajstić information content (AvgIpc) is 2.87. The van der Waals surface area contributed by atoms with Gasteiger partial charge in [-0.3, -0.25) is 14.5 Å². The third-order valence-electron chi connectivity index (χ3n) is 7.03. The largest absolute Gasteiger partial charge is 0.322 e. The average molecular weight is 488 g/mol. The van der Waals surface area contributed by atoms with E-state index in [9.17, 15) is 9.59 Å². The molecule has 2 aliphatic rings. The fourth-order valence-corrected chi connectivity index (χ4v) is 5.47. The number of fused-ring (bicyclic) bond motifs is 1. The molecule has 2 amide bonds. The van der Waals surface area contributed by atoms with Crippen LogP contribution in [-0.4, -0.2) is 36.9 Å². The van der Waals surface area contributed by atoms with Crippen molar-refractivity contribution in [3.8, 4) is 11.1 Å². The highest BCUT2D eigenvalue weighted by Gasteiger charge is 2.22. The molecule has 3 aromatic carbocycles. The van der Waals surface area contributed by atoms with Gasteiger partial charge < -0.3 is 10.2 Å². The fraction of sp³-hybridized carbons (Fsp3) is 0.310. The van der Waals surface area contributed by atoms with Crippen molar-refractivity contribution in [3.63, 3.8) is 0 Å². The third-order valence-corrected chi connectivity index (χ3v) is 7.32.